The molecule has 0 bridgehead atoms. The van der Waals surface area contributed by atoms with E-state index in [2.05, 4.69) is 93.6 Å². The summed E-state index contributed by atoms with van der Waals surface area (Å²) in [6.45, 7) is 7.51. The summed E-state index contributed by atoms with van der Waals surface area (Å²) in [6, 6.07) is 28.5. The van der Waals surface area contributed by atoms with Crippen molar-refractivity contribution >= 4 is 0 Å². The second-order valence-corrected chi connectivity index (χ2v) is 7.67. The van der Waals surface area contributed by atoms with E-state index in [-0.39, 0.29) is 11.3 Å². The van der Waals surface area contributed by atoms with Crippen LogP contribution >= 0.6 is 0 Å². The number of hydrogen-bond acceptors (Lipinski definition) is 1. The lowest BCUT2D eigenvalue weighted by Gasteiger charge is -2.28. The Hall–Kier alpha value is -2.38. The molecule has 0 fully saturated rings. The van der Waals surface area contributed by atoms with Crippen LogP contribution in [0.15, 0.2) is 78.9 Å². The highest BCUT2D eigenvalue weighted by Crippen LogP contribution is 2.33. The third-order valence-corrected chi connectivity index (χ3v) is 6.23. The average molecular weight is 358 g/mol. The van der Waals surface area contributed by atoms with Gasteiger partial charge in [0, 0.05) is 12.5 Å². The summed E-state index contributed by atoms with van der Waals surface area (Å²) >= 11 is 0. The predicted molar refractivity (Wildman–Crippen MR) is 117 cm³/mol. The maximum Gasteiger partial charge on any atom is 0.0212 e. The second-order valence-electron chi connectivity index (χ2n) is 7.67. The molecule has 0 saturated heterocycles. The molecule has 1 heteroatoms. The van der Waals surface area contributed by atoms with Crippen molar-refractivity contribution < 1.29 is 0 Å². The fourth-order valence-electron chi connectivity index (χ4n) is 3.78. The van der Waals surface area contributed by atoms with Gasteiger partial charge in [-0.1, -0.05) is 99.6 Å². The van der Waals surface area contributed by atoms with Gasteiger partial charge >= 0.3 is 0 Å². The van der Waals surface area contributed by atoms with Gasteiger partial charge in [-0.25, -0.2) is 0 Å². The standard InChI is InChI=1S/C26H31N/c1-4-26(3,5-2)24-17-15-23(16-18-24)25(19-27)22-13-11-21(12-14-22)20-9-7-6-8-10-20/h6-18,25H,4-5,19,27H2,1-3H3. The summed E-state index contributed by atoms with van der Waals surface area (Å²) in [4.78, 5) is 0. The van der Waals surface area contributed by atoms with E-state index in [1.54, 1.807) is 0 Å². The molecule has 2 N–H and O–H groups in total. The van der Waals surface area contributed by atoms with Crippen molar-refractivity contribution in [1.29, 1.82) is 0 Å². The van der Waals surface area contributed by atoms with Crippen LogP contribution in [0.4, 0.5) is 0 Å². The molecule has 1 unspecified atom stereocenters. The van der Waals surface area contributed by atoms with E-state index in [9.17, 15) is 0 Å². The SMILES string of the molecule is CCC(C)(CC)c1ccc(C(CN)c2ccc(-c3ccccc3)cc2)cc1. The maximum absolute atomic E-state index is 6.16. The van der Waals surface area contributed by atoms with Gasteiger partial charge in [-0.05, 0) is 46.1 Å². The smallest absolute Gasteiger partial charge is 0.0212 e. The monoisotopic (exact) mass is 357 g/mol. The summed E-state index contributed by atoms with van der Waals surface area (Å²) in [5, 5.41) is 0. The van der Waals surface area contributed by atoms with Gasteiger partial charge in [0.15, 0.2) is 0 Å². The Bertz CT molecular complexity index is 828. The maximum atomic E-state index is 6.16. The first-order chi connectivity index (χ1) is 13.1. The highest BCUT2D eigenvalue weighted by molar-refractivity contribution is 5.63. The molecule has 0 saturated carbocycles. The van der Waals surface area contributed by atoms with Crippen molar-refractivity contribution in [3.63, 3.8) is 0 Å². The first kappa shape index (κ1) is 19.4. The van der Waals surface area contributed by atoms with Crippen molar-refractivity contribution in [2.24, 2.45) is 5.73 Å². The lowest BCUT2D eigenvalue weighted by Crippen LogP contribution is -2.20. The molecule has 0 aliphatic carbocycles. The van der Waals surface area contributed by atoms with E-state index < -0.39 is 0 Å². The molecule has 27 heavy (non-hydrogen) atoms. The van der Waals surface area contributed by atoms with Crippen molar-refractivity contribution in [3.8, 4) is 11.1 Å². The Balaban J connectivity index is 1.85. The zero-order valence-electron chi connectivity index (χ0n) is 16.8. The van der Waals surface area contributed by atoms with E-state index in [1.165, 1.54) is 27.8 Å². The topological polar surface area (TPSA) is 26.0 Å². The Morgan fingerprint density at radius 3 is 1.67 bits per heavy atom. The molecule has 1 atom stereocenters. The average Bonchev–Trinajstić information content (AvgIpc) is 2.75. The molecule has 0 aliphatic heterocycles. The lowest BCUT2D eigenvalue weighted by atomic mass is 9.77. The Labute approximate surface area is 164 Å². The van der Waals surface area contributed by atoms with E-state index in [4.69, 9.17) is 5.73 Å². The third kappa shape index (κ3) is 4.14. The second kappa shape index (κ2) is 8.54. The van der Waals surface area contributed by atoms with Gasteiger partial charge < -0.3 is 5.73 Å². The minimum atomic E-state index is 0.235. The van der Waals surface area contributed by atoms with E-state index in [0.29, 0.717) is 6.54 Å². The van der Waals surface area contributed by atoms with Crippen LogP contribution in [0.5, 0.6) is 0 Å². The Morgan fingerprint density at radius 2 is 1.19 bits per heavy atom. The van der Waals surface area contributed by atoms with E-state index in [1.807, 2.05) is 6.07 Å². The van der Waals surface area contributed by atoms with Crippen LogP contribution in [0.1, 0.15) is 56.2 Å². The van der Waals surface area contributed by atoms with Gasteiger partial charge in [0.25, 0.3) is 0 Å². The summed E-state index contributed by atoms with van der Waals surface area (Å²) in [5.74, 6) is 0.235. The largest absolute Gasteiger partial charge is 0.330 e. The summed E-state index contributed by atoms with van der Waals surface area (Å²) in [6.07, 6.45) is 2.31. The Morgan fingerprint density at radius 1 is 0.704 bits per heavy atom. The molecular formula is C26H31N. The number of nitrogens with two attached hydrogens (primary N) is 1. The van der Waals surface area contributed by atoms with Crippen LogP contribution < -0.4 is 5.73 Å². The fraction of sp³-hybridized carbons (Fsp3) is 0.308. The lowest BCUT2D eigenvalue weighted by molar-refractivity contribution is 0.439. The van der Waals surface area contributed by atoms with E-state index in [0.717, 1.165) is 12.8 Å². The zero-order valence-corrected chi connectivity index (χ0v) is 16.8. The minimum Gasteiger partial charge on any atom is -0.330 e. The van der Waals surface area contributed by atoms with E-state index >= 15 is 0 Å². The fourth-order valence-corrected chi connectivity index (χ4v) is 3.78. The predicted octanol–water partition coefficient (Wildman–Crippen LogP) is 6.52. The van der Waals surface area contributed by atoms with Crippen molar-refractivity contribution in [1.82, 2.24) is 0 Å². The number of benzene rings is 3. The normalized spacial score (nSPS) is 12.7. The molecule has 3 aromatic carbocycles. The van der Waals surface area contributed by atoms with Crippen molar-refractivity contribution in [2.45, 2.75) is 44.9 Å². The number of hydrogen-bond donors (Lipinski definition) is 1. The molecule has 1 nitrogen and oxygen atoms in total. The van der Waals surface area contributed by atoms with Crippen molar-refractivity contribution in [3.05, 3.63) is 95.6 Å². The molecule has 0 heterocycles. The highest BCUT2D eigenvalue weighted by Gasteiger charge is 2.22. The number of rotatable bonds is 7. The zero-order chi connectivity index (χ0) is 19.3. The molecule has 0 spiro atoms. The molecule has 3 rings (SSSR count). The summed E-state index contributed by atoms with van der Waals surface area (Å²) in [7, 11) is 0. The van der Waals surface area contributed by atoms with Crippen LogP contribution in [0.25, 0.3) is 11.1 Å². The van der Waals surface area contributed by atoms with Gasteiger partial charge in [0.05, 0.1) is 0 Å². The van der Waals surface area contributed by atoms with Gasteiger partial charge in [-0.15, -0.1) is 0 Å². The van der Waals surface area contributed by atoms with Crippen LogP contribution in [0.3, 0.4) is 0 Å². The molecular weight excluding hydrogens is 326 g/mol. The summed E-state index contributed by atoms with van der Waals surface area (Å²) in [5.41, 5.74) is 12.9. The highest BCUT2D eigenvalue weighted by atomic mass is 14.5. The minimum absolute atomic E-state index is 0.235. The molecule has 0 radical (unpaired) electrons. The third-order valence-electron chi connectivity index (χ3n) is 6.23. The molecule has 0 aliphatic rings. The molecule has 3 aromatic rings. The van der Waals surface area contributed by atoms with Crippen LogP contribution in [0.2, 0.25) is 0 Å². The molecule has 0 amide bonds. The van der Waals surface area contributed by atoms with Crippen molar-refractivity contribution in [2.75, 3.05) is 6.54 Å². The molecule has 140 valence electrons. The first-order valence-electron chi connectivity index (χ1n) is 10.1. The van der Waals surface area contributed by atoms with Gasteiger partial charge in [-0.3, -0.25) is 0 Å². The van der Waals surface area contributed by atoms with Gasteiger partial charge in [0.1, 0.15) is 0 Å². The molecule has 0 aromatic heterocycles. The van der Waals surface area contributed by atoms with Crippen LogP contribution in [0, 0.1) is 0 Å². The Kier molecular flexibility index (Phi) is 6.13. The van der Waals surface area contributed by atoms with Crippen LogP contribution in [-0.2, 0) is 5.41 Å². The first-order valence-corrected chi connectivity index (χ1v) is 10.1. The summed E-state index contributed by atoms with van der Waals surface area (Å²) < 4.78 is 0. The quantitative estimate of drug-likeness (QED) is 0.511. The van der Waals surface area contributed by atoms with Gasteiger partial charge in [-0.2, -0.15) is 0 Å². The van der Waals surface area contributed by atoms with Gasteiger partial charge in [0.2, 0.25) is 0 Å². The van der Waals surface area contributed by atoms with Crippen LogP contribution in [-0.4, -0.2) is 6.54 Å².